The number of ether oxygens (including phenoxy) is 1. The van der Waals surface area contributed by atoms with Crippen molar-refractivity contribution < 1.29 is 19.4 Å². The second-order valence-electron chi connectivity index (χ2n) is 7.50. The fourth-order valence-electron chi connectivity index (χ4n) is 4.36. The van der Waals surface area contributed by atoms with E-state index in [9.17, 15) is 14.7 Å². The van der Waals surface area contributed by atoms with E-state index in [-0.39, 0.29) is 18.5 Å². The Morgan fingerprint density at radius 2 is 1.92 bits per heavy atom. The number of hydrogen-bond acceptors (Lipinski definition) is 5. The van der Waals surface area contributed by atoms with Gasteiger partial charge in [-0.25, -0.2) is 4.79 Å². The van der Waals surface area contributed by atoms with E-state index in [1.165, 1.54) is 5.56 Å². The lowest BCUT2D eigenvalue weighted by molar-refractivity contribution is -0.146. The van der Waals surface area contributed by atoms with Gasteiger partial charge in [-0.1, -0.05) is 30.3 Å². The molecule has 6 nitrogen and oxygen atoms in total. The highest BCUT2D eigenvalue weighted by molar-refractivity contribution is 5.94. The summed E-state index contributed by atoms with van der Waals surface area (Å²) in [5, 5.41) is 10.9. The zero-order chi connectivity index (χ0) is 18.3. The van der Waals surface area contributed by atoms with E-state index in [2.05, 4.69) is 17.0 Å². The van der Waals surface area contributed by atoms with E-state index in [0.717, 1.165) is 13.1 Å². The van der Waals surface area contributed by atoms with Crippen molar-refractivity contribution in [3.8, 4) is 0 Å². The number of carbonyl (C=O) groups excluding carboxylic acids is 2. The molecule has 1 N–H and O–H groups in total. The molecule has 1 amide bonds. The van der Waals surface area contributed by atoms with Crippen LogP contribution in [-0.2, 0) is 20.9 Å². The third-order valence-corrected chi connectivity index (χ3v) is 6.05. The Morgan fingerprint density at radius 3 is 2.58 bits per heavy atom. The molecule has 0 radical (unpaired) electrons. The molecule has 1 spiro atoms. The number of nitrogens with zero attached hydrogens (tertiary/aromatic N) is 2. The van der Waals surface area contributed by atoms with Gasteiger partial charge in [-0.15, -0.1) is 0 Å². The van der Waals surface area contributed by atoms with Crippen LogP contribution in [0.4, 0.5) is 0 Å². The van der Waals surface area contributed by atoms with Crippen LogP contribution in [0.2, 0.25) is 0 Å². The summed E-state index contributed by atoms with van der Waals surface area (Å²) >= 11 is 0. The van der Waals surface area contributed by atoms with Crippen LogP contribution in [0, 0.1) is 5.41 Å². The van der Waals surface area contributed by atoms with E-state index in [1.807, 2.05) is 18.2 Å². The minimum atomic E-state index is -0.730. The van der Waals surface area contributed by atoms with Gasteiger partial charge in [0.25, 0.3) is 0 Å². The van der Waals surface area contributed by atoms with Crippen molar-refractivity contribution in [3.63, 3.8) is 0 Å². The number of cyclic esters (lactones) is 1. The van der Waals surface area contributed by atoms with E-state index in [0.29, 0.717) is 37.2 Å². The highest BCUT2D eigenvalue weighted by Crippen LogP contribution is 2.44. The molecule has 2 unspecified atom stereocenters. The van der Waals surface area contributed by atoms with Gasteiger partial charge in [-0.3, -0.25) is 9.69 Å². The Kier molecular flexibility index (Phi) is 4.32. The Bertz CT molecular complexity index is 760. The van der Waals surface area contributed by atoms with E-state index in [4.69, 9.17) is 4.74 Å². The van der Waals surface area contributed by atoms with Crippen LogP contribution < -0.4 is 0 Å². The topological polar surface area (TPSA) is 70.1 Å². The average molecular weight is 356 g/mol. The van der Waals surface area contributed by atoms with E-state index >= 15 is 0 Å². The number of aliphatic hydroxyl groups excluding tert-OH is 1. The predicted octanol–water partition coefficient (Wildman–Crippen LogP) is 1.30. The minimum Gasteiger partial charge on any atom is -0.456 e. The van der Waals surface area contributed by atoms with Gasteiger partial charge in [0.05, 0.1) is 22.8 Å². The number of amides is 1. The van der Waals surface area contributed by atoms with Gasteiger partial charge in [0.1, 0.15) is 6.61 Å². The molecular formula is C20H24N2O4. The third-order valence-electron chi connectivity index (χ3n) is 6.05. The van der Waals surface area contributed by atoms with E-state index in [1.54, 1.807) is 11.8 Å². The summed E-state index contributed by atoms with van der Waals surface area (Å²) in [5.74, 6) is -0.413. The number of rotatable bonds is 3. The fourth-order valence-corrected chi connectivity index (χ4v) is 4.36. The number of carbonyl (C=O) groups is 2. The van der Waals surface area contributed by atoms with Crippen molar-refractivity contribution >= 4 is 11.9 Å². The van der Waals surface area contributed by atoms with Crippen LogP contribution in [0.1, 0.15) is 25.3 Å². The highest BCUT2D eigenvalue weighted by atomic mass is 16.5. The quantitative estimate of drug-likeness (QED) is 0.827. The molecule has 2 fully saturated rings. The molecule has 3 aliphatic heterocycles. The molecule has 1 aromatic rings. The van der Waals surface area contributed by atoms with Crippen LogP contribution in [0.15, 0.2) is 41.6 Å². The Hall–Kier alpha value is -2.18. The van der Waals surface area contributed by atoms with Gasteiger partial charge in [-0.2, -0.15) is 0 Å². The molecule has 1 aromatic carbocycles. The van der Waals surface area contributed by atoms with Crippen molar-refractivity contribution in [1.29, 1.82) is 0 Å². The fraction of sp³-hybridized carbons (Fsp3) is 0.500. The number of β-amino-alcohol motifs (C(OH)–C–C–N with tert-alkyl or cyclic N) is 1. The largest absolute Gasteiger partial charge is 0.456 e. The van der Waals surface area contributed by atoms with Gasteiger partial charge < -0.3 is 14.7 Å². The van der Waals surface area contributed by atoms with Crippen LogP contribution in [-0.4, -0.2) is 59.1 Å². The maximum absolute atomic E-state index is 13.1. The minimum absolute atomic E-state index is 0.0583. The van der Waals surface area contributed by atoms with E-state index < -0.39 is 11.5 Å². The molecule has 3 aliphatic rings. The number of hydrogen-bond donors (Lipinski definition) is 1. The first kappa shape index (κ1) is 17.2. The monoisotopic (exact) mass is 356 g/mol. The zero-order valence-corrected chi connectivity index (χ0v) is 15.0. The van der Waals surface area contributed by atoms with Gasteiger partial charge >= 0.3 is 5.97 Å². The van der Waals surface area contributed by atoms with Crippen molar-refractivity contribution in [2.24, 2.45) is 5.41 Å². The molecular weight excluding hydrogens is 332 g/mol. The Balaban J connectivity index is 1.47. The van der Waals surface area contributed by atoms with Crippen LogP contribution >= 0.6 is 0 Å². The maximum Gasteiger partial charge on any atom is 0.336 e. The van der Waals surface area contributed by atoms with Gasteiger partial charge in [0.2, 0.25) is 5.91 Å². The average Bonchev–Trinajstić information content (AvgIpc) is 3.14. The summed E-state index contributed by atoms with van der Waals surface area (Å²) in [6.45, 7) is 4.43. The predicted molar refractivity (Wildman–Crippen MR) is 94.8 cm³/mol. The summed E-state index contributed by atoms with van der Waals surface area (Å²) < 4.78 is 5.05. The molecule has 138 valence electrons. The van der Waals surface area contributed by atoms with Crippen LogP contribution in [0.5, 0.6) is 0 Å². The lowest BCUT2D eigenvalue weighted by Gasteiger charge is -2.42. The van der Waals surface area contributed by atoms with Crippen LogP contribution in [0.3, 0.4) is 0 Å². The standard InChI is InChI=1S/C20H24N2O4/c1-14-16(13-26-18(14)24)22-10-8-20(19(22)25)7-9-21(12-17(20)23)11-15-5-3-2-4-6-15/h2-6,17,23H,7-13H2,1H3. The SMILES string of the molecule is CC1=C(N2CCC3(CCN(Cc4ccccc4)CC3O)C2=O)COC1=O. The lowest BCUT2D eigenvalue weighted by atomic mass is 9.74. The molecule has 2 saturated heterocycles. The molecule has 0 aromatic heterocycles. The second-order valence-corrected chi connectivity index (χ2v) is 7.50. The number of aliphatic hydroxyl groups is 1. The first-order chi connectivity index (χ1) is 12.5. The summed E-state index contributed by atoms with van der Waals surface area (Å²) in [6, 6.07) is 10.2. The van der Waals surface area contributed by atoms with Crippen molar-refractivity contribution in [3.05, 3.63) is 47.2 Å². The van der Waals surface area contributed by atoms with Crippen LogP contribution in [0.25, 0.3) is 0 Å². The smallest absolute Gasteiger partial charge is 0.336 e. The molecule has 2 atom stereocenters. The molecule has 3 heterocycles. The summed E-state index contributed by atoms with van der Waals surface area (Å²) in [4.78, 5) is 28.6. The maximum atomic E-state index is 13.1. The first-order valence-electron chi connectivity index (χ1n) is 9.14. The number of likely N-dealkylation sites (tertiary alicyclic amines) is 2. The Morgan fingerprint density at radius 1 is 1.19 bits per heavy atom. The third kappa shape index (κ3) is 2.73. The molecule has 0 saturated carbocycles. The Labute approximate surface area is 153 Å². The van der Waals surface area contributed by atoms with Crippen molar-refractivity contribution in [2.75, 3.05) is 26.2 Å². The normalized spacial score (nSPS) is 29.8. The highest BCUT2D eigenvalue weighted by Gasteiger charge is 2.54. The molecule has 0 aliphatic carbocycles. The van der Waals surface area contributed by atoms with Crippen molar-refractivity contribution in [2.45, 2.75) is 32.4 Å². The molecule has 4 rings (SSSR count). The first-order valence-corrected chi connectivity index (χ1v) is 9.14. The molecule has 26 heavy (non-hydrogen) atoms. The molecule has 0 bridgehead atoms. The lowest BCUT2D eigenvalue weighted by Crippen LogP contribution is -2.54. The summed E-state index contributed by atoms with van der Waals surface area (Å²) in [5.41, 5.74) is 1.64. The van der Waals surface area contributed by atoms with Gasteiger partial charge in [0, 0.05) is 19.6 Å². The van der Waals surface area contributed by atoms with Gasteiger partial charge in [0.15, 0.2) is 0 Å². The second kappa shape index (κ2) is 6.52. The number of benzene rings is 1. The van der Waals surface area contributed by atoms with Gasteiger partial charge in [-0.05, 0) is 31.9 Å². The number of esters is 1. The van der Waals surface area contributed by atoms with Crippen molar-refractivity contribution in [1.82, 2.24) is 9.80 Å². The zero-order valence-electron chi connectivity index (χ0n) is 15.0. The summed E-state index contributed by atoms with van der Waals surface area (Å²) in [7, 11) is 0. The summed E-state index contributed by atoms with van der Waals surface area (Å²) in [6.07, 6.45) is 0.561. The molecule has 6 heteroatoms. The number of piperidine rings is 1.